The van der Waals surface area contributed by atoms with Gasteiger partial charge in [0.2, 0.25) is 11.8 Å². The molecule has 4 unspecified atom stereocenters. The lowest BCUT2D eigenvalue weighted by Crippen LogP contribution is -2.32. The number of imidazole rings is 2. The molecule has 10 aromatic heterocycles. The van der Waals surface area contributed by atoms with Crippen molar-refractivity contribution in [3.8, 4) is 11.8 Å². The first-order chi connectivity index (χ1) is 70.8. The fourth-order valence-electron chi connectivity index (χ4n) is 19.2. The molecule has 33 heteroatoms. The Morgan fingerprint density at radius 1 is 0.436 bits per heavy atom. The quantitative estimate of drug-likeness (QED) is 0.0386. The van der Waals surface area contributed by atoms with Crippen LogP contribution in [0.3, 0.4) is 0 Å². The Morgan fingerprint density at radius 2 is 0.859 bits per heavy atom. The van der Waals surface area contributed by atoms with Gasteiger partial charge in [-0.3, -0.25) is 19.9 Å². The van der Waals surface area contributed by atoms with Gasteiger partial charge in [0.05, 0.1) is 104 Å². The van der Waals surface area contributed by atoms with E-state index in [-0.39, 0.29) is 22.0 Å². The van der Waals surface area contributed by atoms with Gasteiger partial charge in [0, 0.05) is 154 Å². The third-order valence-corrected chi connectivity index (χ3v) is 29.5. The maximum absolute atomic E-state index is 13.2. The SMILES string of the molecule is C=C(C)N1CCC(CCc2c(OC)nc3ccc(C(O)(c4ccc(C(F)(F)F)nc4)c4cncn4C)cc3c2Cl)CC1.CC(C)(C)c1c(/C=C/c2ccccc2)nc2ccc(C(O)(c3cccnc3)c3cccc(Cl)c3)cc2c1Cl.CC(C)(C)c1c(Cl)nc2ccc(C(O)(c3cccnc3)c3cccc(Cl)c3)cc2c1Cl.COc1nc2ccc(C(O)(c3ccc(C(F)(F)F)nc3)c3cncn3C)cc2c(Cl)c1C1=CCN(C)CC1. The lowest BCUT2D eigenvalue weighted by Gasteiger charge is -2.33. The molecule has 2 aliphatic heterocycles. The van der Waals surface area contributed by atoms with Crippen molar-refractivity contribution < 1.29 is 56.2 Å². The molecule has 0 amide bonds. The van der Waals surface area contributed by atoms with Crippen LogP contribution in [0.1, 0.15) is 186 Å². The van der Waals surface area contributed by atoms with Gasteiger partial charge in [-0.25, -0.2) is 29.9 Å². The van der Waals surface area contributed by atoms with Gasteiger partial charge in [0.15, 0.2) is 11.2 Å². The number of aryl methyl sites for hydroxylation is 2. The number of rotatable bonds is 21. The van der Waals surface area contributed by atoms with Crippen LogP contribution in [0.2, 0.25) is 35.3 Å². The van der Waals surface area contributed by atoms with Crippen LogP contribution in [0.25, 0.3) is 61.3 Å². The zero-order valence-electron chi connectivity index (χ0n) is 83.5. The number of alkyl halides is 6. The van der Waals surface area contributed by atoms with Crippen molar-refractivity contribution >= 4 is 143 Å². The summed E-state index contributed by atoms with van der Waals surface area (Å²) < 4.78 is 93.7. The molecule has 149 heavy (non-hydrogen) atoms. The average Bonchev–Trinajstić information content (AvgIpc) is 1.68. The molecule has 0 saturated carbocycles. The predicted molar refractivity (Wildman–Crippen MR) is 580 cm³/mol. The van der Waals surface area contributed by atoms with Crippen LogP contribution >= 0.6 is 81.2 Å². The third-order valence-electron chi connectivity index (χ3n) is 27.1. The lowest BCUT2D eigenvalue weighted by atomic mass is 9.80. The first-order valence-electron chi connectivity index (χ1n) is 47.8. The molecule has 1 fully saturated rings. The molecule has 17 aromatic rings. The number of hydrogen-bond acceptors (Lipinski definition) is 18. The minimum Gasteiger partial charge on any atom is -0.481 e. The van der Waals surface area contributed by atoms with E-state index in [1.165, 1.54) is 44.3 Å². The molecule has 20 nitrogen and oxygen atoms in total. The number of benzene rings is 7. The second-order valence-corrected chi connectivity index (χ2v) is 41.8. The number of allylic oxidation sites excluding steroid dienone is 1. The van der Waals surface area contributed by atoms with E-state index >= 15 is 0 Å². The lowest BCUT2D eigenvalue weighted by molar-refractivity contribution is -0.142. The molecule has 0 radical (unpaired) electrons. The number of methoxy groups -OCH3 is 2. The van der Waals surface area contributed by atoms with Gasteiger partial charge >= 0.3 is 12.4 Å². The summed E-state index contributed by atoms with van der Waals surface area (Å²) in [6.45, 7) is 22.2. The molecule has 0 aliphatic carbocycles. The van der Waals surface area contributed by atoms with Crippen LogP contribution in [0.4, 0.5) is 26.3 Å². The highest BCUT2D eigenvalue weighted by Crippen LogP contribution is 2.50. The van der Waals surface area contributed by atoms with Gasteiger partial charge in [0.25, 0.3) is 0 Å². The van der Waals surface area contributed by atoms with Crippen LogP contribution in [0.5, 0.6) is 11.8 Å². The molecule has 1 saturated heterocycles. The highest BCUT2D eigenvalue weighted by atomic mass is 35.5. The molecule has 0 spiro atoms. The van der Waals surface area contributed by atoms with Crippen molar-refractivity contribution in [3.63, 3.8) is 0 Å². The molecule has 19 rings (SSSR count). The van der Waals surface area contributed by atoms with E-state index in [0.717, 1.165) is 132 Å². The highest BCUT2D eigenvalue weighted by molar-refractivity contribution is 6.40. The van der Waals surface area contributed by atoms with E-state index in [1.807, 2.05) is 138 Å². The zero-order chi connectivity index (χ0) is 107. The fraction of sp³-hybridized carbons (Fsp3) is 0.259. The van der Waals surface area contributed by atoms with Crippen molar-refractivity contribution in [1.82, 2.24) is 68.8 Å². The number of ether oxygens (including phenoxy) is 2. The normalized spacial score (nSPS) is 15.1. The van der Waals surface area contributed by atoms with Crippen molar-refractivity contribution in [2.45, 2.75) is 126 Å². The van der Waals surface area contributed by atoms with Crippen LogP contribution in [-0.2, 0) is 66.1 Å². The van der Waals surface area contributed by atoms with E-state index < -0.39 is 46.1 Å². The summed E-state index contributed by atoms with van der Waals surface area (Å²) >= 11 is 47.1. The number of nitrogens with zero attached hydrogens (tertiary/aromatic N) is 14. The van der Waals surface area contributed by atoms with Crippen molar-refractivity contribution in [2.75, 3.05) is 47.4 Å². The van der Waals surface area contributed by atoms with Gasteiger partial charge in [-0.1, -0.05) is 245 Å². The summed E-state index contributed by atoms with van der Waals surface area (Å²) in [7, 11) is 8.52. The van der Waals surface area contributed by atoms with Gasteiger partial charge in [-0.2, -0.15) is 26.3 Å². The maximum Gasteiger partial charge on any atom is 0.433 e. The van der Waals surface area contributed by atoms with Gasteiger partial charge in [0.1, 0.15) is 27.7 Å². The zero-order valence-corrected chi connectivity index (χ0v) is 88.8. The molecule has 4 N–H and O–H groups in total. The summed E-state index contributed by atoms with van der Waals surface area (Å²) in [4.78, 5) is 47.3. The fourth-order valence-corrected chi connectivity index (χ4v) is 21.9. The Kier molecular flexibility index (Phi) is 32.5. The number of fused-ring (bicyclic) bond motifs is 4. The Morgan fingerprint density at radius 3 is 1.27 bits per heavy atom. The number of aromatic nitrogens is 12. The summed E-state index contributed by atoms with van der Waals surface area (Å²) in [5, 5.41) is 55.0. The van der Waals surface area contributed by atoms with Crippen LogP contribution in [0, 0.1) is 5.92 Å². The topological polar surface area (TPSA) is 245 Å². The van der Waals surface area contributed by atoms with Crippen LogP contribution in [0.15, 0.2) is 281 Å². The number of pyridine rings is 8. The van der Waals surface area contributed by atoms with Crippen molar-refractivity contribution in [1.29, 1.82) is 0 Å². The maximum atomic E-state index is 13.2. The Balaban J connectivity index is 0.000000142. The van der Waals surface area contributed by atoms with Gasteiger partial charge in [-0.15, -0.1) is 0 Å². The molecule has 12 heterocycles. The summed E-state index contributed by atoms with van der Waals surface area (Å²) in [5.74, 6) is 1.39. The minimum absolute atomic E-state index is 0.143. The standard InChI is InChI=1S/C33H28Cl2N2O.C31H33ClF3N5O2.C27H25ClF3N5O2.C25H21Cl3N2O/c1-32(2,3)30-29(16-14-22-9-5-4-6-10-22)37-28-17-15-24(20-27(28)31(30)35)33(38,25-12-8-18-36-21-25)23-11-7-13-26(34)19-23;1-19(2)40-13-11-20(12-14-40)5-8-23-28(32)24-15-21(6-9-25(24)38-29(23)42-4)30(41,27-17-36-18-39(27)3)22-7-10-26(37-16-22)31(33,34)35;1-35-10-8-16(9-11-35)23-24(28)19-12-17(4-6-20(19)34-25(23)38-3)26(37,22-14-32-15-36(22)2)18-5-7-21(33-13-18)27(29,30)31;1-24(2,3)21-22(27)19-13-16(9-10-20(19)30-23(21)28)25(31,17-7-5-11-29-14-17)15-6-4-8-18(26)12-15/h4-21,38H,1-3H3;6-7,9-10,15-18,20,41H,1,5,8,11-14H2,2-4H3;4-8,12-15,37H,9-11H2,1-3H3;4-14,31H,1-3H3/b16-14+;;;. The van der Waals surface area contributed by atoms with Gasteiger partial charge < -0.3 is 48.8 Å². The summed E-state index contributed by atoms with van der Waals surface area (Å²) in [6, 6.07) is 57.4. The second kappa shape index (κ2) is 44.4. The number of piperidine rings is 1. The molecule has 7 aromatic carbocycles. The molecule has 0 bridgehead atoms. The van der Waals surface area contributed by atoms with Crippen molar-refractivity contribution in [3.05, 3.63) is 428 Å². The Bertz CT molecular complexity index is 7870. The largest absolute Gasteiger partial charge is 0.481 e. The minimum atomic E-state index is -4.61. The Labute approximate surface area is 894 Å². The summed E-state index contributed by atoms with van der Waals surface area (Å²) in [5.41, 5.74) is 5.84. The van der Waals surface area contributed by atoms with E-state index in [1.54, 1.807) is 122 Å². The first-order valence-corrected chi connectivity index (χ1v) is 50.4. The second-order valence-electron chi connectivity index (χ2n) is 39.1. The third kappa shape index (κ3) is 22.7. The van der Waals surface area contributed by atoms with E-state index in [9.17, 15) is 46.8 Å². The number of likely N-dealkylation sites (N-methyl/N-ethyl adjacent to an activating group) is 1. The first kappa shape index (κ1) is 109. The van der Waals surface area contributed by atoms with E-state index in [4.69, 9.17) is 101 Å². The number of likely N-dealkylation sites (tertiary alicyclic amines) is 1. The number of aliphatic hydroxyl groups is 4. The predicted octanol–water partition coefficient (Wildman–Crippen LogP) is 27.4. The monoisotopic (exact) mass is 2150 g/mol. The Hall–Kier alpha value is -12.8. The average molecular weight is 2160 g/mol. The van der Waals surface area contributed by atoms with Gasteiger partial charge in [-0.05, 0) is 210 Å². The molecule has 2 aliphatic rings. The number of halogens is 13. The molecular formula is C116H107Cl7F6N14O6. The number of hydrogen-bond donors (Lipinski definition) is 4. The smallest absolute Gasteiger partial charge is 0.433 e. The van der Waals surface area contributed by atoms with Crippen LogP contribution in [-0.4, -0.2) is 137 Å². The molecule has 768 valence electrons. The van der Waals surface area contributed by atoms with E-state index in [0.29, 0.717) is 148 Å². The van der Waals surface area contributed by atoms with Crippen LogP contribution < -0.4 is 9.47 Å². The van der Waals surface area contributed by atoms with Crippen molar-refractivity contribution in [2.24, 2.45) is 20.0 Å². The summed E-state index contributed by atoms with van der Waals surface area (Å²) in [6.07, 6.45) is 16.1. The molecule has 4 atom stereocenters. The highest BCUT2D eigenvalue weighted by Gasteiger charge is 2.44. The molecular weight excluding hydrogens is 2050 g/mol. The van der Waals surface area contributed by atoms with E-state index in [2.05, 4.69) is 101 Å².